The first kappa shape index (κ1) is 26.8. The number of carbonyl (C=O) groups is 1. The molecule has 1 aliphatic heterocycles. The summed E-state index contributed by atoms with van der Waals surface area (Å²) in [6, 6.07) is 7.03. The number of nitrogens with one attached hydrogen (secondary N) is 1. The average Bonchev–Trinajstić information content (AvgIpc) is 2.83. The minimum absolute atomic E-state index is 0.0923. The maximum Gasteiger partial charge on any atom is 0.410 e. The SMILES string of the molecule is COCCNS(=O)(=O)c1ccc(-c2ccc(OCC3CCN(C(=O)OC(C)C)CC3)cn2)c(F)c1. The van der Waals surface area contributed by atoms with Gasteiger partial charge >= 0.3 is 6.09 Å². The minimum atomic E-state index is -3.83. The van der Waals surface area contributed by atoms with Crippen LogP contribution in [0.5, 0.6) is 5.75 Å². The van der Waals surface area contributed by atoms with Crippen molar-refractivity contribution in [2.45, 2.75) is 37.7 Å². The van der Waals surface area contributed by atoms with Crippen molar-refractivity contribution in [3.05, 3.63) is 42.3 Å². The van der Waals surface area contributed by atoms with Gasteiger partial charge in [0.15, 0.2) is 0 Å². The number of hydrogen-bond donors (Lipinski definition) is 1. The van der Waals surface area contributed by atoms with Gasteiger partial charge in [0.2, 0.25) is 10.0 Å². The number of halogens is 1. The van der Waals surface area contributed by atoms with E-state index >= 15 is 0 Å². The largest absolute Gasteiger partial charge is 0.492 e. The zero-order valence-electron chi connectivity index (χ0n) is 20.2. The molecule has 0 radical (unpaired) electrons. The van der Waals surface area contributed by atoms with E-state index in [0.717, 1.165) is 18.9 Å². The smallest absolute Gasteiger partial charge is 0.410 e. The fourth-order valence-electron chi connectivity index (χ4n) is 3.63. The molecule has 9 nitrogen and oxygen atoms in total. The second kappa shape index (κ2) is 12.3. The third-order valence-corrected chi connectivity index (χ3v) is 7.02. The van der Waals surface area contributed by atoms with E-state index in [9.17, 15) is 17.6 Å². The van der Waals surface area contributed by atoms with Crippen LogP contribution in [-0.2, 0) is 19.5 Å². The highest BCUT2D eigenvalue weighted by atomic mass is 32.2. The van der Waals surface area contributed by atoms with Gasteiger partial charge in [-0.3, -0.25) is 4.98 Å². The van der Waals surface area contributed by atoms with E-state index in [1.54, 1.807) is 17.0 Å². The third-order valence-electron chi connectivity index (χ3n) is 5.56. The molecule has 2 heterocycles. The average molecular weight is 510 g/mol. The molecule has 11 heteroatoms. The van der Waals surface area contributed by atoms with Crippen molar-refractivity contribution in [3.63, 3.8) is 0 Å². The maximum atomic E-state index is 14.7. The lowest BCUT2D eigenvalue weighted by atomic mass is 9.98. The Kier molecular flexibility index (Phi) is 9.41. The monoisotopic (exact) mass is 509 g/mol. The summed E-state index contributed by atoms with van der Waals surface area (Å²) in [6.45, 7) is 5.71. The minimum Gasteiger partial charge on any atom is -0.492 e. The van der Waals surface area contributed by atoms with Gasteiger partial charge in [-0.25, -0.2) is 22.3 Å². The molecule has 0 spiro atoms. The molecule has 1 amide bonds. The van der Waals surface area contributed by atoms with E-state index in [1.165, 1.54) is 25.4 Å². The molecule has 2 aromatic rings. The normalized spacial score (nSPS) is 14.8. The summed E-state index contributed by atoms with van der Waals surface area (Å²) < 4.78 is 57.4. The fraction of sp³-hybridized carbons (Fsp3) is 0.500. The molecule has 0 saturated carbocycles. The number of nitrogens with zero attached hydrogens (tertiary/aromatic N) is 2. The number of aromatic nitrogens is 1. The first-order valence-corrected chi connectivity index (χ1v) is 13.0. The molecule has 0 aliphatic carbocycles. The molecule has 0 unspecified atom stereocenters. The van der Waals surface area contributed by atoms with Gasteiger partial charge in [-0.15, -0.1) is 0 Å². The molecule has 1 aromatic heterocycles. The van der Waals surface area contributed by atoms with Gasteiger partial charge in [0.05, 0.1) is 36.1 Å². The van der Waals surface area contributed by atoms with Gasteiger partial charge < -0.3 is 19.1 Å². The molecule has 1 N–H and O–H groups in total. The molecule has 3 rings (SSSR count). The second-order valence-electron chi connectivity index (χ2n) is 8.59. The van der Waals surface area contributed by atoms with E-state index in [4.69, 9.17) is 14.2 Å². The highest BCUT2D eigenvalue weighted by Gasteiger charge is 2.25. The van der Waals surface area contributed by atoms with Crippen LogP contribution < -0.4 is 9.46 Å². The van der Waals surface area contributed by atoms with E-state index < -0.39 is 15.8 Å². The van der Waals surface area contributed by atoms with Crippen molar-refractivity contribution in [2.24, 2.45) is 5.92 Å². The number of pyridine rings is 1. The van der Waals surface area contributed by atoms with Gasteiger partial charge in [0, 0.05) is 32.3 Å². The number of piperidine rings is 1. The van der Waals surface area contributed by atoms with Crippen LogP contribution in [0.15, 0.2) is 41.4 Å². The fourth-order valence-corrected chi connectivity index (χ4v) is 4.65. The molecule has 0 atom stereocenters. The Hall–Kier alpha value is -2.76. The van der Waals surface area contributed by atoms with Crippen molar-refractivity contribution in [1.82, 2.24) is 14.6 Å². The van der Waals surface area contributed by atoms with Crippen LogP contribution >= 0.6 is 0 Å². The number of ether oxygens (including phenoxy) is 3. The van der Waals surface area contributed by atoms with Crippen molar-refractivity contribution >= 4 is 16.1 Å². The molecule has 192 valence electrons. The van der Waals surface area contributed by atoms with Crippen LogP contribution in [0.3, 0.4) is 0 Å². The Morgan fingerprint density at radius 1 is 1.23 bits per heavy atom. The number of benzene rings is 1. The number of hydrogen-bond acceptors (Lipinski definition) is 7. The molecule has 1 fully saturated rings. The van der Waals surface area contributed by atoms with Gasteiger partial charge in [-0.1, -0.05) is 0 Å². The molecule has 35 heavy (non-hydrogen) atoms. The predicted octanol–water partition coefficient (Wildman–Crippen LogP) is 3.45. The number of likely N-dealkylation sites (tertiary alicyclic amines) is 1. The summed E-state index contributed by atoms with van der Waals surface area (Å²) in [6.07, 6.45) is 2.74. The predicted molar refractivity (Wildman–Crippen MR) is 128 cm³/mol. The number of carbonyl (C=O) groups excluding carboxylic acids is 1. The van der Waals surface area contributed by atoms with Crippen LogP contribution in [0.4, 0.5) is 9.18 Å². The molecular formula is C24H32FN3O6S. The highest BCUT2D eigenvalue weighted by Crippen LogP contribution is 2.26. The molecular weight excluding hydrogens is 477 g/mol. The highest BCUT2D eigenvalue weighted by molar-refractivity contribution is 7.89. The maximum absolute atomic E-state index is 14.7. The summed E-state index contributed by atoms with van der Waals surface area (Å²) in [4.78, 5) is 17.8. The van der Waals surface area contributed by atoms with Crippen LogP contribution in [0.25, 0.3) is 11.3 Å². The van der Waals surface area contributed by atoms with Gasteiger partial charge in [0.1, 0.15) is 11.6 Å². The van der Waals surface area contributed by atoms with Gasteiger partial charge in [-0.2, -0.15) is 0 Å². The van der Waals surface area contributed by atoms with Crippen molar-refractivity contribution < 1.29 is 31.8 Å². The summed E-state index contributed by atoms with van der Waals surface area (Å²) in [5.74, 6) is 0.170. The van der Waals surface area contributed by atoms with E-state index in [2.05, 4.69) is 9.71 Å². The lowest BCUT2D eigenvalue weighted by Crippen LogP contribution is -2.40. The zero-order chi connectivity index (χ0) is 25.4. The molecule has 1 aromatic carbocycles. The Labute approximate surface area is 205 Å². The number of rotatable bonds is 10. The lowest BCUT2D eigenvalue weighted by Gasteiger charge is -2.31. The first-order chi connectivity index (χ1) is 16.7. The second-order valence-corrected chi connectivity index (χ2v) is 10.4. The van der Waals surface area contributed by atoms with Crippen molar-refractivity contribution in [2.75, 3.05) is 40.0 Å². The molecule has 0 bridgehead atoms. The number of amides is 1. The first-order valence-electron chi connectivity index (χ1n) is 11.5. The third kappa shape index (κ3) is 7.61. The quantitative estimate of drug-likeness (QED) is 0.489. The summed E-state index contributed by atoms with van der Waals surface area (Å²) >= 11 is 0. The Balaban J connectivity index is 1.53. The van der Waals surface area contributed by atoms with E-state index in [1.807, 2.05) is 13.8 Å². The summed E-state index contributed by atoms with van der Waals surface area (Å²) in [5, 5.41) is 0. The Morgan fingerprint density at radius 2 is 1.97 bits per heavy atom. The van der Waals surface area contributed by atoms with Crippen LogP contribution in [0, 0.1) is 11.7 Å². The molecule has 1 aliphatic rings. The van der Waals surface area contributed by atoms with E-state index in [0.29, 0.717) is 37.1 Å². The zero-order valence-corrected chi connectivity index (χ0v) is 21.0. The Morgan fingerprint density at radius 3 is 2.57 bits per heavy atom. The van der Waals surface area contributed by atoms with Crippen LogP contribution in [0.1, 0.15) is 26.7 Å². The van der Waals surface area contributed by atoms with Crippen LogP contribution in [0.2, 0.25) is 0 Å². The van der Waals surface area contributed by atoms with E-state index in [-0.39, 0.29) is 35.8 Å². The van der Waals surface area contributed by atoms with Crippen LogP contribution in [-0.4, -0.2) is 70.5 Å². The standard InChI is InChI=1S/C24H32FN3O6S/c1-17(2)34-24(29)28-11-8-18(9-12-28)16-33-19-4-7-23(26-15-19)21-6-5-20(14-22(21)25)35(30,31)27-10-13-32-3/h4-7,14-15,17-18,27H,8-13,16H2,1-3H3. The number of sulfonamides is 1. The molecule has 1 saturated heterocycles. The van der Waals surface area contributed by atoms with Crippen molar-refractivity contribution in [3.8, 4) is 17.0 Å². The van der Waals surface area contributed by atoms with Gasteiger partial charge in [-0.05, 0) is 62.9 Å². The number of methoxy groups -OCH3 is 1. The van der Waals surface area contributed by atoms with Crippen molar-refractivity contribution in [1.29, 1.82) is 0 Å². The van der Waals surface area contributed by atoms with Gasteiger partial charge in [0.25, 0.3) is 0 Å². The summed E-state index contributed by atoms with van der Waals surface area (Å²) in [5.41, 5.74) is 0.552. The lowest BCUT2D eigenvalue weighted by molar-refractivity contribution is 0.0608. The topological polar surface area (TPSA) is 107 Å². The Bertz CT molecular complexity index is 1090. The summed E-state index contributed by atoms with van der Waals surface area (Å²) in [7, 11) is -2.37.